The van der Waals surface area contributed by atoms with Gasteiger partial charge in [0.1, 0.15) is 11.0 Å². The van der Waals surface area contributed by atoms with Crippen LogP contribution in [-0.2, 0) is 6.54 Å². The zero-order chi connectivity index (χ0) is 21.7. The van der Waals surface area contributed by atoms with Gasteiger partial charge in [-0.3, -0.25) is 9.59 Å². The van der Waals surface area contributed by atoms with Crippen molar-refractivity contribution in [2.75, 3.05) is 13.1 Å². The van der Waals surface area contributed by atoms with Gasteiger partial charge in [-0.1, -0.05) is 48.0 Å². The number of carbonyl (C=O) groups is 2. The number of nitrogens with one attached hydrogen (secondary N) is 2. The van der Waals surface area contributed by atoms with E-state index < -0.39 is 11.7 Å². The van der Waals surface area contributed by atoms with Gasteiger partial charge in [-0.05, 0) is 37.1 Å². The number of rotatable bonds is 7. The van der Waals surface area contributed by atoms with Crippen LogP contribution in [0.2, 0.25) is 5.15 Å². The van der Waals surface area contributed by atoms with Crippen LogP contribution in [0.15, 0.2) is 48.5 Å². The van der Waals surface area contributed by atoms with Crippen LogP contribution in [0.25, 0.3) is 0 Å². The molecule has 0 atom stereocenters. The summed E-state index contributed by atoms with van der Waals surface area (Å²) in [4.78, 5) is 24.6. The molecule has 2 amide bonds. The molecule has 156 valence electrons. The molecule has 1 heterocycles. The Labute approximate surface area is 179 Å². The number of amides is 2. The van der Waals surface area contributed by atoms with Crippen molar-refractivity contribution in [3.05, 3.63) is 87.4 Å². The van der Waals surface area contributed by atoms with Crippen molar-refractivity contribution >= 4 is 23.4 Å². The Kier molecular flexibility index (Phi) is 6.84. The van der Waals surface area contributed by atoms with Gasteiger partial charge < -0.3 is 10.6 Å². The molecule has 0 aliphatic heterocycles. The lowest BCUT2D eigenvalue weighted by molar-refractivity contribution is 0.0927. The van der Waals surface area contributed by atoms with E-state index in [1.807, 2.05) is 30.3 Å². The summed E-state index contributed by atoms with van der Waals surface area (Å²) in [7, 11) is 0. The fourth-order valence-electron chi connectivity index (χ4n) is 2.95. The van der Waals surface area contributed by atoms with Crippen molar-refractivity contribution in [2.24, 2.45) is 0 Å². The Bertz CT molecular complexity index is 1070. The fraction of sp³-hybridized carbons (Fsp3) is 0.227. The van der Waals surface area contributed by atoms with Crippen molar-refractivity contribution in [3.63, 3.8) is 0 Å². The Hall–Kier alpha value is -3.19. The van der Waals surface area contributed by atoms with Gasteiger partial charge in [0.25, 0.3) is 11.8 Å². The molecule has 0 bridgehead atoms. The molecule has 0 saturated carbocycles. The van der Waals surface area contributed by atoms with Gasteiger partial charge in [-0.15, -0.1) is 0 Å². The second kappa shape index (κ2) is 9.54. The van der Waals surface area contributed by atoms with Crippen LogP contribution in [0.1, 0.15) is 37.5 Å². The third-order valence-corrected chi connectivity index (χ3v) is 4.98. The highest BCUT2D eigenvalue weighted by molar-refractivity contribution is 6.33. The van der Waals surface area contributed by atoms with Gasteiger partial charge in [-0.2, -0.15) is 5.10 Å². The standard InChI is InChI=1S/C22H22ClFN4O2/c1-14-8-9-17(12-18(14)24)21(29)25-10-11-26-22(30)19-15(2)27-28(20(19)23)13-16-6-4-3-5-7-16/h3-9,12H,10-11,13H2,1-2H3,(H,25,29)(H,26,30). The third-order valence-electron chi connectivity index (χ3n) is 4.60. The van der Waals surface area contributed by atoms with Gasteiger partial charge in [0.05, 0.1) is 17.8 Å². The van der Waals surface area contributed by atoms with E-state index in [4.69, 9.17) is 11.6 Å². The van der Waals surface area contributed by atoms with Crippen molar-refractivity contribution < 1.29 is 14.0 Å². The maximum atomic E-state index is 13.6. The van der Waals surface area contributed by atoms with Crippen LogP contribution in [-0.4, -0.2) is 34.7 Å². The van der Waals surface area contributed by atoms with Gasteiger partial charge in [0.2, 0.25) is 0 Å². The minimum absolute atomic E-state index is 0.189. The summed E-state index contributed by atoms with van der Waals surface area (Å²) >= 11 is 6.38. The summed E-state index contributed by atoms with van der Waals surface area (Å²) in [5, 5.41) is 9.98. The predicted octanol–water partition coefficient (Wildman–Crippen LogP) is 3.50. The summed E-state index contributed by atoms with van der Waals surface area (Å²) in [6, 6.07) is 14.0. The second-order valence-electron chi connectivity index (χ2n) is 6.87. The van der Waals surface area contributed by atoms with Crippen molar-refractivity contribution in [1.82, 2.24) is 20.4 Å². The molecule has 3 aromatic rings. The molecule has 2 N–H and O–H groups in total. The molecule has 0 saturated heterocycles. The molecule has 3 rings (SSSR count). The second-order valence-corrected chi connectivity index (χ2v) is 7.23. The third kappa shape index (κ3) is 5.04. The number of aromatic nitrogens is 2. The number of halogens is 2. The summed E-state index contributed by atoms with van der Waals surface area (Å²) in [6.07, 6.45) is 0. The number of hydrogen-bond donors (Lipinski definition) is 2. The molecule has 0 spiro atoms. The van der Waals surface area contributed by atoms with Crippen molar-refractivity contribution in [3.8, 4) is 0 Å². The minimum atomic E-state index is -0.436. The van der Waals surface area contributed by atoms with E-state index in [9.17, 15) is 14.0 Å². The monoisotopic (exact) mass is 428 g/mol. The maximum Gasteiger partial charge on any atom is 0.256 e. The lowest BCUT2D eigenvalue weighted by Crippen LogP contribution is -2.35. The first-order valence-electron chi connectivity index (χ1n) is 9.46. The van der Waals surface area contributed by atoms with Crippen LogP contribution >= 0.6 is 11.6 Å². The number of nitrogens with zero attached hydrogens (tertiary/aromatic N) is 2. The van der Waals surface area contributed by atoms with E-state index >= 15 is 0 Å². The maximum absolute atomic E-state index is 13.6. The summed E-state index contributed by atoms with van der Waals surface area (Å²) in [5.41, 5.74) is 2.54. The molecule has 0 aliphatic carbocycles. The molecular formula is C22H22ClFN4O2. The summed E-state index contributed by atoms with van der Waals surface area (Å²) < 4.78 is 15.2. The highest BCUT2D eigenvalue weighted by Gasteiger charge is 2.20. The quantitative estimate of drug-likeness (QED) is 0.565. The Balaban J connectivity index is 1.55. The highest BCUT2D eigenvalue weighted by atomic mass is 35.5. The average Bonchev–Trinajstić information content (AvgIpc) is 3.00. The first kappa shape index (κ1) is 21.5. The van der Waals surface area contributed by atoms with Crippen LogP contribution in [0.4, 0.5) is 4.39 Å². The normalized spacial score (nSPS) is 10.7. The van der Waals surface area contributed by atoms with E-state index in [1.54, 1.807) is 30.7 Å². The van der Waals surface area contributed by atoms with E-state index in [0.717, 1.165) is 5.56 Å². The zero-order valence-corrected chi connectivity index (χ0v) is 17.5. The Morgan fingerprint density at radius 1 is 1.03 bits per heavy atom. The molecule has 0 aliphatic rings. The molecule has 30 heavy (non-hydrogen) atoms. The molecule has 0 fully saturated rings. The van der Waals surface area contributed by atoms with Crippen LogP contribution in [0.5, 0.6) is 0 Å². The summed E-state index contributed by atoms with van der Waals surface area (Å²) in [5.74, 6) is -1.21. The van der Waals surface area contributed by atoms with Crippen LogP contribution in [0, 0.1) is 19.7 Å². The zero-order valence-electron chi connectivity index (χ0n) is 16.7. The fourth-order valence-corrected chi connectivity index (χ4v) is 3.27. The van der Waals surface area contributed by atoms with Crippen molar-refractivity contribution in [1.29, 1.82) is 0 Å². The first-order valence-corrected chi connectivity index (χ1v) is 9.84. The van der Waals surface area contributed by atoms with Gasteiger partial charge in [0, 0.05) is 18.7 Å². The van der Waals surface area contributed by atoms with Crippen molar-refractivity contribution in [2.45, 2.75) is 20.4 Å². The van der Waals surface area contributed by atoms with Gasteiger partial charge in [-0.25, -0.2) is 9.07 Å². The number of aryl methyl sites for hydroxylation is 2. The predicted molar refractivity (Wildman–Crippen MR) is 113 cm³/mol. The largest absolute Gasteiger partial charge is 0.350 e. The van der Waals surface area contributed by atoms with Crippen LogP contribution in [0.3, 0.4) is 0 Å². The number of benzene rings is 2. The lowest BCUT2D eigenvalue weighted by Gasteiger charge is -2.08. The topological polar surface area (TPSA) is 76.0 Å². The first-order chi connectivity index (χ1) is 14.4. The molecule has 0 radical (unpaired) electrons. The molecular weight excluding hydrogens is 407 g/mol. The van der Waals surface area contributed by atoms with Crippen LogP contribution < -0.4 is 10.6 Å². The van der Waals surface area contributed by atoms with Gasteiger partial charge >= 0.3 is 0 Å². The van der Waals surface area contributed by atoms with E-state index in [-0.39, 0.29) is 29.7 Å². The highest BCUT2D eigenvalue weighted by Crippen LogP contribution is 2.20. The Morgan fingerprint density at radius 2 is 1.70 bits per heavy atom. The average molecular weight is 429 g/mol. The number of hydrogen-bond acceptors (Lipinski definition) is 3. The molecule has 8 heteroatoms. The van der Waals surface area contributed by atoms with E-state index in [0.29, 0.717) is 23.4 Å². The molecule has 2 aromatic carbocycles. The van der Waals surface area contributed by atoms with E-state index in [2.05, 4.69) is 15.7 Å². The summed E-state index contributed by atoms with van der Waals surface area (Å²) in [6.45, 7) is 4.18. The lowest BCUT2D eigenvalue weighted by atomic mass is 10.1. The molecule has 0 unspecified atom stereocenters. The Morgan fingerprint density at radius 3 is 2.37 bits per heavy atom. The SMILES string of the molecule is Cc1ccc(C(=O)NCCNC(=O)c2c(C)nn(Cc3ccccc3)c2Cl)cc1F. The smallest absolute Gasteiger partial charge is 0.256 e. The van der Waals surface area contributed by atoms with Gasteiger partial charge in [0.15, 0.2) is 0 Å². The molecule has 1 aromatic heterocycles. The minimum Gasteiger partial charge on any atom is -0.350 e. The van der Waals surface area contributed by atoms with E-state index in [1.165, 1.54) is 6.07 Å². The molecule has 6 nitrogen and oxygen atoms in total. The number of carbonyl (C=O) groups excluding carboxylic acids is 2.